The quantitative estimate of drug-likeness (QED) is 0.230. The van der Waals surface area contributed by atoms with Crippen molar-refractivity contribution in [2.45, 2.75) is 75.7 Å². The number of ether oxygens (including phenoxy) is 2. The summed E-state index contributed by atoms with van der Waals surface area (Å²) < 4.78 is 52.7. The maximum absolute atomic E-state index is 15.1. The first-order valence-corrected chi connectivity index (χ1v) is 16.8. The van der Waals surface area contributed by atoms with Gasteiger partial charge in [-0.1, -0.05) is 67.6 Å². The van der Waals surface area contributed by atoms with Crippen LogP contribution in [0.25, 0.3) is 0 Å². The van der Waals surface area contributed by atoms with Gasteiger partial charge in [-0.25, -0.2) is 0 Å². The summed E-state index contributed by atoms with van der Waals surface area (Å²) in [6, 6.07) is 23.4. The van der Waals surface area contributed by atoms with E-state index in [1.807, 2.05) is 29.2 Å². The predicted molar refractivity (Wildman–Crippen MR) is 178 cm³/mol. The fraction of sp³-hybridized carbons (Fsp3) is 0.436. The minimum Gasteiger partial charge on any atom is -0.497 e. The molecule has 4 aliphatic rings. The van der Waals surface area contributed by atoms with Gasteiger partial charge in [0, 0.05) is 37.7 Å². The van der Waals surface area contributed by atoms with E-state index in [0.29, 0.717) is 24.8 Å². The number of aliphatic imine (C=N–C) groups is 1. The first kappa shape index (κ1) is 32.6. The van der Waals surface area contributed by atoms with Crippen LogP contribution in [0.4, 0.5) is 13.2 Å². The minimum absolute atomic E-state index is 0.0368. The molecule has 9 heteroatoms. The third kappa shape index (κ3) is 5.54. The number of allylic oxidation sites excluding steroid dienone is 1. The molecule has 0 aromatic heterocycles. The average Bonchev–Trinajstić information content (AvgIpc) is 3.54. The molecular formula is C39H42F3N3O3. The molecule has 1 amide bonds. The summed E-state index contributed by atoms with van der Waals surface area (Å²) in [5, 5.41) is 0. The van der Waals surface area contributed by atoms with Gasteiger partial charge in [-0.2, -0.15) is 13.2 Å². The highest BCUT2D eigenvalue weighted by Gasteiger charge is 2.70. The van der Waals surface area contributed by atoms with E-state index in [9.17, 15) is 13.2 Å². The lowest BCUT2D eigenvalue weighted by atomic mass is 9.65. The zero-order valence-corrected chi connectivity index (χ0v) is 27.5. The van der Waals surface area contributed by atoms with Crippen LogP contribution in [0.1, 0.15) is 73.4 Å². The molecular weight excluding hydrogens is 615 g/mol. The number of nitrogens with zero attached hydrogens (tertiary/aromatic N) is 3. The van der Waals surface area contributed by atoms with Crippen LogP contribution < -0.4 is 4.74 Å². The van der Waals surface area contributed by atoms with Crippen molar-refractivity contribution in [1.82, 2.24) is 9.80 Å². The van der Waals surface area contributed by atoms with E-state index in [-0.39, 0.29) is 23.8 Å². The molecule has 2 saturated heterocycles. The Hall–Kier alpha value is -3.95. The number of likely N-dealkylation sites (tertiary alicyclic amines) is 2. The number of alkyl halides is 3. The summed E-state index contributed by atoms with van der Waals surface area (Å²) in [5.74, 6) is 0.724. The molecule has 2 bridgehead atoms. The van der Waals surface area contributed by atoms with Crippen LogP contribution >= 0.6 is 0 Å². The highest BCUT2D eigenvalue weighted by Crippen LogP contribution is 2.62. The van der Waals surface area contributed by atoms with E-state index in [4.69, 9.17) is 14.5 Å². The molecule has 5 atom stereocenters. The van der Waals surface area contributed by atoms with Gasteiger partial charge in [-0.3, -0.25) is 14.7 Å². The van der Waals surface area contributed by atoms with Crippen molar-refractivity contribution in [3.8, 4) is 5.75 Å². The summed E-state index contributed by atoms with van der Waals surface area (Å²) in [7, 11) is 1.64. The van der Waals surface area contributed by atoms with E-state index in [1.54, 1.807) is 7.11 Å². The molecule has 1 spiro atoms. The van der Waals surface area contributed by atoms with E-state index < -0.39 is 29.1 Å². The second kappa shape index (κ2) is 12.5. The van der Waals surface area contributed by atoms with Gasteiger partial charge >= 0.3 is 6.18 Å². The number of fused-ring (bicyclic) bond motifs is 1. The highest BCUT2D eigenvalue weighted by molar-refractivity contribution is 6.03. The maximum atomic E-state index is 15.1. The number of hydrogen-bond donors (Lipinski definition) is 0. The van der Waals surface area contributed by atoms with Crippen molar-refractivity contribution >= 4 is 11.6 Å². The summed E-state index contributed by atoms with van der Waals surface area (Å²) >= 11 is 0. The van der Waals surface area contributed by atoms with Gasteiger partial charge < -0.3 is 14.4 Å². The Kier molecular flexibility index (Phi) is 8.48. The van der Waals surface area contributed by atoms with E-state index in [0.717, 1.165) is 61.6 Å². The smallest absolute Gasteiger partial charge is 0.416 e. The van der Waals surface area contributed by atoms with Crippen LogP contribution in [-0.4, -0.2) is 53.4 Å². The molecule has 0 unspecified atom stereocenters. The number of methoxy groups -OCH3 is 1. The number of carbonyl (C=O) groups is 1. The first-order valence-electron chi connectivity index (χ1n) is 16.8. The standard InChI is InChI=1S/C39H42F3N3O3/c1-4-20-37-25-38(45(36(37)46)31-18-21-44(22-19-31)24-27-8-6-5-7-9-27)34(23-33(26(37)2)28-12-16-32(47-3)17-13-28)43-35(48-38)29-10-14-30(15-11-29)39(40,41)42/h4-17,26,31,33,35H,1,18-25H2,2-3H3/t26-,33+,35-,37+,38+/m1/s1. The van der Waals surface area contributed by atoms with Gasteiger partial charge in [-0.05, 0) is 72.9 Å². The summed E-state index contributed by atoms with van der Waals surface area (Å²) in [5.41, 5.74) is 1.10. The monoisotopic (exact) mass is 657 g/mol. The summed E-state index contributed by atoms with van der Waals surface area (Å²) in [6.45, 7) is 8.80. The number of rotatable bonds is 8. The molecule has 7 rings (SSSR count). The van der Waals surface area contributed by atoms with E-state index in [2.05, 4.69) is 54.8 Å². The van der Waals surface area contributed by atoms with Gasteiger partial charge in [-0.15, -0.1) is 6.58 Å². The molecule has 48 heavy (non-hydrogen) atoms. The Balaban J connectivity index is 1.26. The van der Waals surface area contributed by atoms with Crippen molar-refractivity contribution in [1.29, 1.82) is 0 Å². The topological polar surface area (TPSA) is 54.4 Å². The Morgan fingerprint density at radius 3 is 2.29 bits per heavy atom. The minimum atomic E-state index is -4.44. The summed E-state index contributed by atoms with van der Waals surface area (Å²) in [4.78, 5) is 24.7. The Morgan fingerprint density at radius 1 is 1.00 bits per heavy atom. The van der Waals surface area contributed by atoms with Crippen molar-refractivity contribution in [2.75, 3.05) is 20.2 Å². The van der Waals surface area contributed by atoms with Gasteiger partial charge in [0.05, 0.1) is 23.8 Å². The number of benzene rings is 3. The highest BCUT2D eigenvalue weighted by atomic mass is 19.4. The lowest BCUT2D eigenvalue weighted by Crippen LogP contribution is -2.59. The normalized spacial score (nSPS) is 29.4. The number of hydrogen-bond acceptors (Lipinski definition) is 5. The molecule has 3 aromatic carbocycles. The summed E-state index contributed by atoms with van der Waals surface area (Å²) in [6.07, 6.45) is -0.332. The van der Waals surface area contributed by atoms with Gasteiger partial charge in [0.25, 0.3) is 0 Å². The van der Waals surface area contributed by atoms with Crippen LogP contribution in [0.5, 0.6) is 5.75 Å². The average molecular weight is 658 g/mol. The maximum Gasteiger partial charge on any atom is 0.416 e. The molecule has 3 heterocycles. The van der Waals surface area contributed by atoms with Crippen LogP contribution in [0.2, 0.25) is 0 Å². The second-order valence-electron chi connectivity index (χ2n) is 13.8. The molecule has 1 aliphatic carbocycles. The zero-order chi connectivity index (χ0) is 33.7. The molecule has 6 nitrogen and oxygen atoms in total. The van der Waals surface area contributed by atoms with Crippen LogP contribution in [-0.2, 0) is 22.3 Å². The number of carbonyl (C=O) groups excluding carboxylic acids is 1. The fourth-order valence-electron chi connectivity index (χ4n) is 8.67. The molecule has 3 aliphatic heterocycles. The largest absolute Gasteiger partial charge is 0.497 e. The third-order valence-corrected chi connectivity index (χ3v) is 11.3. The van der Waals surface area contributed by atoms with Crippen molar-refractivity contribution in [3.05, 3.63) is 114 Å². The van der Waals surface area contributed by atoms with Gasteiger partial charge in [0.2, 0.25) is 5.91 Å². The van der Waals surface area contributed by atoms with Crippen molar-refractivity contribution in [3.63, 3.8) is 0 Å². The molecule has 3 fully saturated rings. The van der Waals surface area contributed by atoms with Crippen molar-refractivity contribution < 1.29 is 27.4 Å². The Labute approximate surface area is 280 Å². The predicted octanol–water partition coefficient (Wildman–Crippen LogP) is 8.16. The fourth-order valence-corrected chi connectivity index (χ4v) is 8.67. The van der Waals surface area contributed by atoms with E-state index >= 15 is 4.79 Å². The van der Waals surface area contributed by atoms with Crippen molar-refractivity contribution in [2.24, 2.45) is 16.3 Å². The Bertz CT molecular complexity index is 1670. The first-order chi connectivity index (χ1) is 23.1. The van der Waals surface area contributed by atoms with E-state index in [1.165, 1.54) is 17.7 Å². The van der Waals surface area contributed by atoms with Crippen LogP contribution in [0, 0.1) is 11.3 Å². The van der Waals surface area contributed by atoms with Gasteiger partial charge in [0.15, 0.2) is 12.0 Å². The molecule has 1 saturated carbocycles. The SMILES string of the molecule is C=CC[C@]12C[C@@]3(O[C@H](c4ccc(C(F)(F)F)cc4)N=C3C[C@H](c3ccc(OC)cc3)[C@H]1C)N(C1CCN(Cc3ccccc3)CC1)C2=O. The van der Waals surface area contributed by atoms with Gasteiger partial charge in [0.1, 0.15) is 5.75 Å². The van der Waals surface area contributed by atoms with Crippen LogP contribution in [0.3, 0.4) is 0 Å². The molecule has 0 radical (unpaired) electrons. The number of piperidine rings is 1. The molecule has 3 aromatic rings. The Morgan fingerprint density at radius 2 is 1.67 bits per heavy atom. The van der Waals surface area contributed by atoms with Crippen LogP contribution in [0.15, 0.2) is 96.5 Å². The second-order valence-corrected chi connectivity index (χ2v) is 13.8. The zero-order valence-electron chi connectivity index (χ0n) is 27.5. The number of halogens is 3. The third-order valence-electron chi connectivity index (χ3n) is 11.3. The lowest BCUT2D eigenvalue weighted by Gasteiger charge is -2.46. The number of amides is 1. The molecule has 0 N–H and O–H groups in total. The lowest BCUT2D eigenvalue weighted by molar-refractivity contribution is -0.160. The molecule has 252 valence electrons.